The molecule has 1 unspecified atom stereocenters. The number of benzene rings is 1. The van der Waals surface area contributed by atoms with Gasteiger partial charge in [0, 0.05) is 4.47 Å². The van der Waals surface area contributed by atoms with E-state index in [-0.39, 0.29) is 0 Å². The molecule has 0 bridgehead atoms. The number of aliphatic carboxylic acids is 1. The summed E-state index contributed by atoms with van der Waals surface area (Å²) >= 11 is 4.38. The van der Waals surface area contributed by atoms with Crippen LogP contribution in [-0.4, -0.2) is 15.8 Å². The van der Waals surface area contributed by atoms with Crippen LogP contribution in [-0.2, 0) is 4.79 Å². The van der Waals surface area contributed by atoms with E-state index >= 15 is 0 Å². The van der Waals surface area contributed by atoms with E-state index in [1.807, 2.05) is 24.3 Å². The molecule has 0 radical (unpaired) electrons. The van der Waals surface area contributed by atoms with Crippen molar-refractivity contribution in [2.24, 2.45) is 5.14 Å². The number of carboxylic acid groups (broad SMARTS) is 1. The molecule has 0 aromatic heterocycles. The molecule has 92 valence electrons. The molecule has 0 aliphatic heterocycles. The number of hydrogen-bond acceptors (Lipinski definition) is 3. The van der Waals surface area contributed by atoms with E-state index in [0.717, 1.165) is 22.8 Å². The van der Waals surface area contributed by atoms with Gasteiger partial charge in [0.05, 0.1) is 0 Å². The Morgan fingerprint density at radius 3 is 2.59 bits per heavy atom. The summed E-state index contributed by atoms with van der Waals surface area (Å²) in [5.41, 5.74) is 1.20. The molecule has 1 saturated carbocycles. The fourth-order valence-electron chi connectivity index (χ4n) is 2.38. The highest BCUT2D eigenvalue weighted by Crippen LogP contribution is 2.47. The average Bonchev–Trinajstić information content (AvgIpc) is 2.75. The third kappa shape index (κ3) is 2.51. The van der Waals surface area contributed by atoms with Crippen molar-refractivity contribution in [2.75, 3.05) is 0 Å². The highest BCUT2D eigenvalue weighted by Gasteiger charge is 2.46. The molecule has 0 amide bonds. The van der Waals surface area contributed by atoms with E-state index < -0.39 is 10.7 Å². The van der Waals surface area contributed by atoms with E-state index in [4.69, 9.17) is 5.14 Å². The standard InChI is InChI=1S/C12H14BrNO2S/c13-10-3-1-8(2-4-10)9-5-6-12(7-9,17-14)11(15)16/h1-4,9H,5-7,14H2,(H,15,16)/t9-,12?/m1/s1. The van der Waals surface area contributed by atoms with Crippen molar-refractivity contribution >= 4 is 33.8 Å². The molecule has 1 aromatic rings. The molecule has 3 nitrogen and oxygen atoms in total. The van der Waals surface area contributed by atoms with E-state index in [2.05, 4.69) is 15.9 Å². The fourth-order valence-corrected chi connectivity index (χ4v) is 3.28. The van der Waals surface area contributed by atoms with Gasteiger partial charge in [-0.1, -0.05) is 40.0 Å². The number of halogens is 1. The summed E-state index contributed by atoms with van der Waals surface area (Å²) in [6.07, 6.45) is 2.15. The van der Waals surface area contributed by atoms with Crippen LogP contribution < -0.4 is 5.14 Å². The van der Waals surface area contributed by atoms with Crippen LogP contribution in [0.2, 0.25) is 0 Å². The van der Waals surface area contributed by atoms with Gasteiger partial charge >= 0.3 is 5.97 Å². The van der Waals surface area contributed by atoms with Crippen LogP contribution in [0, 0.1) is 0 Å². The summed E-state index contributed by atoms with van der Waals surface area (Å²) in [6, 6.07) is 8.08. The lowest BCUT2D eigenvalue weighted by molar-refractivity contribution is -0.139. The van der Waals surface area contributed by atoms with Gasteiger partial charge in [0.2, 0.25) is 0 Å². The first-order chi connectivity index (χ1) is 8.07. The van der Waals surface area contributed by atoms with Crippen LogP contribution in [0.1, 0.15) is 30.7 Å². The molecule has 17 heavy (non-hydrogen) atoms. The van der Waals surface area contributed by atoms with Crippen molar-refractivity contribution in [1.82, 2.24) is 0 Å². The second kappa shape index (κ2) is 5.00. The smallest absolute Gasteiger partial charge is 0.321 e. The summed E-state index contributed by atoms with van der Waals surface area (Å²) in [5.74, 6) is -0.486. The molecule has 1 aliphatic carbocycles. The first-order valence-corrected chi connectivity index (χ1v) is 7.11. The second-order valence-electron chi connectivity index (χ2n) is 4.41. The molecule has 2 rings (SSSR count). The van der Waals surface area contributed by atoms with Crippen LogP contribution in [0.4, 0.5) is 0 Å². The molecule has 0 heterocycles. The van der Waals surface area contributed by atoms with Gasteiger partial charge < -0.3 is 5.11 Å². The van der Waals surface area contributed by atoms with Crippen molar-refractivity contribution in [1.29, 1.82) is 0 Å². The maximum Gasteiger partial charge on any atom is 0.321 e. The van der Waals surface area contributed by atoms with Crippen molar-refractivity contribution in [3.8, 4) is 0 Å². The number of rotatable bonds is 3. The number of carboxylic acids is 1. The molecule has 0 spiro atoms. The third-order valence-electron chi connectivity index (χ3n) is 3.43. The lowest BCUT2D eigenvalue weighted by atomic mass is 9.96. The van der Waals surface area contributed by atoms with Gasteiger partial charge in [0.1, 0.15) is 4.75 Å². The van der Waals surface area contributed by atoms with Crippen LogP contribution in [0.25, 0.3) is 0 Å². The van der Waals surface area contributed by atoms with Gasteiger partial charge in [-0.05, 0) is 42.9 Å². The SMILES string of the molecule is NSC1(C(=O)O)CC[C@@H](c2ccc(Br)cc2)C1. The van der Waals surface area contributed by atoms with E-state index in [1.54, 1.807) is 0 Å². The van der Waals surface area contributed by atoms with E-state index in [9.17, 15) is 9.90 Å². The number of hydrogen-bond donors (Lipinski definition) is 2. The summed E-state index contributed by atoms with van der Waals surface area (Å²) in [7, 11) is 0. The molecule has 5 heteroatoms. The largest absolute Gasteiger partial charge is 0.480 e. The Morgan fingerprint density at radius 2 is 2.12 bits per heavy atom. The van der Waals surface area contributed by atoms with Crippen LogP contribution in [0.3, 0.4) is 0 Å². The Balaban J connectivity index is 2.17. The molecular weight excluding hydrogens is 302 g/mol. The Labute approximate surface area is 113 Å². The molecule has 3 N–H and O–H groups in total. The first-order valence-electron chi connectivity index (χ1n) is 5.44. The van der Waals surface area contributed by atoms with Crippen molar-refractivity contribution in [2.45, 2.75) is 29.9 Å². The van der Waals surface area contributed by atoms with E-state index in [0.29, 0.717) is 18.8 Å². The molecule has 2 atom stereocenters. The average molecular weight is 316 g/mol. The Hall–Kier alpha value is -0.520. The number of carbonyl (C=O) groups is 1. The highest BCUT2D eigenvalue weighted by atomic mass is 79.9. The predicted octanol–water partition coefficient (Wildman–Crippen LogP) is 3.15. The fraction of sp³-hybridized carbons (Fsp3) is 0.417. The maximum absolute atomic E-state index is 11.3. The second-order valence-corrected chi connectivity index (χ2v) is 6.34. The van der Waals surface area contributed by atoms with E-state index in [1.165, 1.54) is 5.56 Å². The molecule has 1 fully saturated rings. The molecule has 1 aliphatic rings. The van der Waals surface area contributed by atoms with Gasteiger partial charge in [-0.25, -0.2) is 0 Å². The first kappa shape index (κ1) is 12.9. The van der Waals surface area contributed by atoms with Gasteiger partial charge in [-0.3, -0.25) is 9.93 Å². The summed E-state index contributed by atoms with van der Waals surface area (Å²) in [5, 5.41) is 14.8. The van der Waals surface area contributed by atoms with Gasteiger partial charge in [0.15, 0.2) is 0 Å². The van der Waals surface area contributed by atoms with Crippen molar-refractivity contribution in [3.05, 3.63) is 34.3 Å². The van der Waals surface area contributed by atoms with Crippen LogP contribution in [0.5, 0.6) is 0 Å². The Morgan fingerprint density at radius 1 is 1.47 bits per heavy atom. The molecule has 0 saturated heterocycles. The topological polar surface area (TPSA) is 63.3 Å². The van der Waals surface area contributed by atoms with Crippen molar-refractivity contribution in [3.63, 3.8) is 0 Å². The summed E-state index contributed by atoms with van der Waals surface area (Å²) in [6.45, 7) is 0. The zero-order chi connectivity index (χ0) is 12.5. The number of nitrogens with two attached hydrogens (primary N) is 1. The molecule has 1 aromatic carbocycles. The zero-order valence-electron chi connectivity index (χ0n) is 9.23. The Bertz CT molecular complexity index is 423. The minimum atomic E-state index is -0.794. The van der Waals surface area contributed by atoms with Gasteiger partial charge in [0.25, 0.3) is 0 Å². The van der Waals surface area contributed by atoms with Crippen LogP contribution >= 0.6 is 27.9 Å². The lowest BCUT2D eigenvalue weighted by Gasteiger charge is -2.20. The minimum absolute atomic E-state index is 0.301. The quantitative estimate of drug-likeness (QED) is 0.841. The summed E-state index contributed by atoms with van der Waals surface area (Å²) in [4.78, 5) is 11.3. The lowest BCUT2D eigenvalue weighted by Crippen LogP contribution is -2.33. The predicted molar refractivity (Wildman–Crippen MR) is 72.9 cm³/mol. The maximum atomic E-state index is 11.3. The summed E-state index contributed by atoms with van der Waals surface area (Å²) < 4.78 is 0.245. The highest BCUT2D eigenvalue weighted by molar-refractivity contribution is 9.10. The monoisotopic (exact) mass is 315 g/mol. The third-order valence-corrected chi connectivity index (χ3v) is 4.95. The Kier molecular flexibility index (Phi) is 3.80. The van der Waals surface area contributed by atoms with Gasteiger partial charge in [-0.15, -0.1) is 0 Å². The van der Waals surface area contributed by atoms with Gasteiger partial charge in [-0.2, -0.15) is 0 Å². The van der Waals surface area contributed by atoms with Crippen LogP contribution in [0.15, 0.2) is 28.7 Å². The van der Waals surface area contributed by atoms with Crippen molar-refractivity contribution < 1.29 is 9.90 Å². The zero-order valence-corrected chi connectivity index (χ0v) is 11.6. The normalized spacial score (nSPS) is 28.2. The minimum Gasteiger partial charge on any atom is -0.480 e. The molecular formula is C12H14BrNO2S.